The molecule has 0 aliphatic heterocycles. The lowest BCUT2D eigenvalue weighted by molar-refractivity contribution is -0.143. The molecule has 1 aromatic rings. The minimum absolute atomic E-state index is 0.0588. The topological polar surface area (TPSA) is 91.3 Å². The van der Waals surface area contributed by atoms with Gasteiger partial charge in [-0.2, -0.15) is 13.2 Å². The smallest absolute Gasteiger partial charge is 0.417 e. The number of pyridine rings is 1. The number of urea groups is 1. The summed E-state index contributed by atoms with van der Waals surface area (Å²) in [5.41, 5.74) is -1.01. The summed E-state index contributed by atoms with van der Waals surface area (Å²) in [6.45, 7) is 0. The number of nitrogens with zero attached hydrogens (tertiary/aromatic N) is 1. The normalized spacial score (nSPS) is 21.5. The molecule has 3 N–H and O–H groups in total. The maximum atomic E-state index is 12.6. The van der Waals surface area contributed by atoms with Crippen LogP contribution in [-0.4, -0.2) is 28.1 Å². The van der Waals surface area contributed by atoms with Crippen LogP contribution in [0.1, 0.15) is 31.2 Å². The molecule has 23 heavy (non-hydrogen) atoms. The van der Waals surface area contributed by atoms with Crippen molar-refractivity contribution in [3.63, 3.8) is 0 Å². The number of nitrogens with one attached hydrogen (secondary N) is 2. The number of alkyl halides is 3. The molecule has 0 atom stereocenters. The largest absolute Gasteiger partial charge is 0.481 e. The van der Waals surface area contributed by atoms with Crippen molar-refractivity contribution in [3.05, 3.63) is 24.0 Å². The van der Waals surface area contributed by atoms with Crippen LogP contribution in [0.15, 0.2) is 18.5 Å². The SMILES string of the molecule is O=C(Nc1cncc(C(F)(F)F)c1)NC1CCC(C(=O)O)CC1. The summed E-state index contributed by atoms with van der Waals surface area (Å²) in [7, 11) is 0. The lowest BCUT2D eigenvalue weighted by Crippen LogP contribution is -2.41. The van der Waals surface area contributed by atoms with E-state index in [4.69, 9.17) is 5.11 Å². The van der Waals surface area contributed by atoms with Gasteiger partial charge in [-0.15, -0.1) is 0 Å². The Morgan fingerprint density at radius 1 is 1.17 bits per heavy atom. The van der Waals surface area contributed by atoms with Gasteiger partial charge in [-0.1, -0.05) is 0 Å². The van der Waals surface area contributed by atoms with Crippen LogP contribution in [0.4, 0.5) is 23.7 Å². The van der Waals surface area contributed by atoms with Crippen molar-refractivity contribution < 1.29 is 27.9 Å². The van der Waals surface area contributed by atoms with Gasteiger partial charge in [0.15, 0.2) is 0 Å². The van der Waals surface area contributed by atoms with Crippen LogP contribution in [0.2, 0.25) is 0 Å². The Labute approximate surface area is 130 Å². The van der Waals surface area contributed by atoms with Crippen molar-refractivity contribution >= 4 is 17.7 Å². The van der Waals surface area contributed by atoms with Gasteiger partial charge in [-0.05, 0) is 31.7 Å². The molecule has 2 amide bonds. The van der Waals surface area contributed by atoms with E-state index >= 15 is 0 Å². The molecule has 1 fully saturated rings. The van der Waals surface area contributed by atoms with E-state index in [1.54, 1.807) is 0 Å². The van der Waals surface area contributed by atoms with Crippen molar-refractivity contribution in [2.75, 3.05) is 5.32 Å². The number of carboxylic acid groups (broad SMARTS) is 1. The van der Waals surface area contributed by atoms with E-state index < -0.39 is 29.7 Å². The van der Waals surface area contributed by atoms with E-state index in [1.807, 2.05) is 0 Å². The van der Waals surface area contributed by atoms with Gasteiger partial charge in [0, 0.05) is 12.2 Å². The Hall–Kier alpha value is -2.32. The maximum Gasteiger partial charge on any atom is 0.417 e. The van der Waals surface area contributed by atoms with Gasteiger partial charge in [0.2, 0.25) is 0 Å². The van der Waals surface area contributed by atoms with Gasteiger partial charge in [0.1, 0.15) is 0 Å². The Kier molecular flexibility index (Phi) is 5.07. The van der Waals surface area contributed by atoms with E-state index in [2.05, 4.69) is 15.6 Å². The predicted octanol–water partition coefficient (Wildman–Crippen LogP) is 2.87. The number of hydrogen-bond acceptors (Lipinski definition) is 3. The third-order valence-electron chi connectivity index (χ3n) is 3.74. The third kappa shape index (κ3) is 4.83. The van der Waals surface area contributed by atoms with E-state index in [-0.39, 0.29) is 11.7 Å². The molecule has 1 aromatic heterocycles. The van der Waals surface area contributed by atoms with Crippen LogP contribution >= 0.6 is 0 Å². The number of carbonyl (C=O) groups excluding carboxylic acids is 1. The monoisotopic (exact) mass is 331 g/mol. The molecular formula is C14H16F3N3O3. The highest BCUT2D eigenvalue weighted by molar-refractivity contribution is 5.89. The number of hydrogen-bond donors (Lipinski definition) is 3. The lowest BCUT2D eigenvalue weighted by Gasteiger charge is -2.26. The average Bonchev–Trinajstić information content (AvgIpc) is 2.47. The number of halogens is 3. The summed E-state index contributed by atoms with van der Waals surface area (Å²) in [4.78, 5) is 26.1. The van der Waals surface area contributed by atoms with Crippen LogP contribution in [0.25, 0.3) is 0 Å². The Morgan fingerprint density at radius 2 is 1.83 bits per heavy atom. The molecule has 1 saturated carbocycles. The van der Waals surface area contributed by atoms with Crippen molar-refractivity contribution in [1.29, 1.82) is 0 Å². The van der Waals surface area contributed by atoms with Gasteiger partial charge in [-0.25, -0.2) is 4.79 Å². The van der Waals surface area contributed by atoms with Gasteiger partial charge < -0.3 is 15.7 Å². The minimum atomic E-state index is -4.53. The van der Waals surface area contributed by atoms with Gasteiger partial charge in [0.05, 0.1) is 23.4 Å². The maximum absolute atomic E-state index is 12.6. The van der Waals surface area contributed by atoms with Gasteiger partial charge >= 0.3 is 18.2 Å². The number of carbonyl (C=O) groups is 2. The van der Waals surface area contributed by atoms with Gasteiger partial charge in [0.25, 0.3) is 0 Å². The number of aromatic nitrogens is 1. The second-order valence-corrected chi connectivity index (χ2v) is 5.45. The molecule has 1 heterocycles. The fraction of sp³-hybridized carbons (Fsp3) is 0.500. The molecule has 0 saturated heterocycles. The lowest BCUT2D eigenvalue weighted by atomic mass is 9.86. The molecule has 1 aliphatic carbocycles. The molecule has 0 radical (unpaired) electrons. The molecule has 126 valence electrons. The predicted molar refractivity (Wildman–Crippen MR) is 74.8 cm³/mol. The highest BCUT2D eigenvalue weighted by Crippen LogP contribution is 2.30. The highest BCUT2D eigenvalue weighted by Gasteiger charge is 2.31. The van der Waals surface area contributed by atoms with Crippen LogP contribution < -0.4 is 10.6 Å². The first kappa shape index (κ1) is 17.0. The molecule has 0 unspecified atom stereocenters. The zero-order chi connectivity index (χ0) is 17.0. The third-order valence-corrected chi connectivity index (χ3v) is 3.74. The number of anilines is 1. The summed E-state index contributed by atoms with van der Waals surface area (Å²) in [6.07, 6.45) is -0.768. The van der Waals surface area contributed by atoms with Crippen LogP contribution in [0.5, 0.6) is 0 Å². The van der Waals surface area contributed by atoms with Crippen molar-refractivity contribution in [2.24, 2.45) is 5.92 Å². The van der Waals surface area contributed by atoms with E-state index in [0.717, 1.165) is 12.3 Å². The number of carboxylic acids is 1. The Morgan fingerprint density at radius 3 is 2.39 bits per heavy atom. The second kappa shape index (κ2) is 6.84. The van der Waals surface area contributed by atoms with Crippen LogP contribution in [0, 0.1) is 5.92 Å². The molecule has 0 aromatic carbocycles. The van der Waals surface area contributed by atoms with E-state index in [1.165, 1.54) is 0 Å². The zero-order valence-electron chi connectivity index (χ0n) is 12.1. The summed E-state index contributed by atoms with van der Waals surface area (Å²) in [5, 5.41) is 13.8. The first-order valence-electron chi connectivity index (χ1n) is 7.08. The summed E-state index contributed by atoms with van der Waals surface area (Å²) >= 11 is 0. The quantitative estimate of drug-likeness (QED) is 0.794. The molecule has 1 aliphatic rings. The van der Waals surface area contributed by atoms with Crippen molar-refractivity contribution in [3.8, 4) is 0 Å². The number of aliphatic carboxylic acids is 1. The molecular weight excluding hydrogens is 315 g/mol. The first-order valence-corrected chi connectivity index (χ1v) is 7.08. The van der Waals surface area contributed by atoms with E-state index in [9.17, 15) is 22.8 Å². The molecule has 0 bridgehead atoms. The fourth-order valence-electron chi connectivity index (χ4n) is 2.50. The summed E-state index contributed by atoms with van der Waals surface area (Å²) in [5.74, 6) is -1.24. The average molecular weight is 331 g/mol. The molecule has 9 heteroatoms. The molecule has 6 nitrogen and oxygen atoms in total. The minimum Gasteiger partial charge on any atom is -0.481 e. The van der Waals surface area contributed by atoms with Crippen molar-refractivity contribution in [2.45, 2.75) is 37.9 Å². The second-order valence-electron chi connectivity index (χ2n) is 5.45. The summed E-state index contributed by atoms with van der Waals surface area (Å²) in [6, 6.07) is -0.0252. The fourth-order valence-corrected chi connectivity index (χ4v) is 2.50. The number of amides is 2. The van der Waals surface area contributed by atoms with Crippen LogP contribution in [0.3, 0.4) is 0 Å². The standard InChI is InChI=1S/C14H16F3N3O3/c15-14(16,17)9-5-11(7-18-6-9)20-13(23)19-10-3-1-8(2-4-10)12(21)22/h5-8,10H,1-4H2,(H,21,22)(H2,19,20,23). The van der Waals surface area contributed by atoms with E-state index in [0.29, 0.717) is 31.9 Å². The Bertz CT molecular complexity index is 584. The zero-order valence-corrected chi connectivity index (χ0v) is 12.1. The van der Waals surface area contributed by atoms with Gasteiger partial charge in [-0.3, -0.25) is 9.78 Å². The van der Waals surface area contributed by atoms with Crippen LogP contribution in [-0.2, 0) is 11.0 Å². The molecule has 0 spiro atoms. The summed E-state index contributed by atoms with van der Waals surface area (Å²) < 4.78 is 37.7. The number of rotatable bonds is 3. The van der Waals surface area contributed by atoms with Crippen molar-refractivity contribution in [1.82, 2.24) is 10.3 Å². The Balaban J connectivity index is 1.87. The first-order chi connectivity index (χ1) is 10.8. The highest BCUT2D eigenvalue weighted by atomic mass is 19.4. The molecule has 2 rings (SSSR count).